The first-order valence-corrected chi connectivity index (χ1v) is 6.68. The molecule has 104 valence electrons. The van der Waals surface area contributed by atoms with Gasteiger partial charge < -0.3 is 5.32 Å². The van der Waals surface area contributed by atoms with E-state index in [2.05, 4.69) is 10.3 Å². The van der Waals surface area contributed by atoms with Crippen LogP contribution < -0.4 is 5.32 Å². The van der Waals surface area contributed by atoms with Crippen LogP contribution in [-0.4, -0.2) is 17.4 Å². The molecule has 20 heavy (non-hydrogen) atoms. The average Bonchev–Trinajstić information content (AvgIpc) is 2.49. The smallest absolute Gasteiger partial charge is 0.252 e. The summed E-state index contributed by atoms with van der Waals surface area (Å²) in [5.74, 6) is -0.308. The summed E-state index contributed by atoms with van der Waals surface area (Å²) in [4.78, 5) is 15.6. The van der Waals surface area contributed by atoms with Crippen molar-refractivity contribution in [3.63, 3.8) is 0 Å². The van der Waals surface area contributed by atoms with Crippen LogP contribution in [0, 0.1) is 5.82 Å². The maximum absolute atomic E-state index is 12.7. The van der Waals surface area contributed by atoms with Gasteiger partial charge in [0.2, 0.25) is 0 Å². The number of hydrogen-bond donors (Lipinski definition) is 1. The summed E-state index contributed by atoms with van der Waals surface area (Å²) in [6, 6.07) is 10.0. The van der Waals surface area contributed by atoms with Gasteiger partial charge in [0.1, 0.15) is 5.82 Å². The molecule has 0 bridgehead atoms. The Morgan fingerprint density at radius 3 is 2.65 bits per heavy atom. The SMILES string of the molecule is O=C(NCCCCc1ccc(F)cc1)c1cccnc1. The predicted octanol–water partition coefficient (Wildman–Crippen LogP) is 2.97. The van der Waals surface area contributed by atoms with Crippen molar-refractivity contribution in [1.82, 2.24) is 10.3 Å². The first-order chi connectivity index (χ1) is 9.75. The standard InChI is InChI=1S/C16H17FN2O/c17-15-8-6-13(7-9-15)4-1-2-11-19-16(20)14-5-3-10-18-12-14/h3,5-10,12H,1-2,4,11H2,(H,19,20). The van der Waals surface area contributed by atoms with Crippen LogP contribution in [0.25, 0.3) is 0 Å². The molecule has 2 rings (SSSR count). The Morgan fingerprint density at radius 1 is 1.15 bits per heavy atom. The third-order valence-corrected chi connectivity index (χ3v) is 3.01. The van der Waals surface area contributed by atoms with Crippen LogP contribution in [0.5, 0.6) is 0 Å². The number of rotatable bonds is 6. The van der Waals surface area contributed by atoms with Gasteiger partial charge in [-0.15, -0.1) is 0 Å². The number of aryl methyl sites for hydroxylation is 1. The zero-order chi connectivity index (χ0) is 14.2. The quantitative estimate of drug-likeness (QED) is 0.821. The lowest BCUT2D eigenvalue weighted by atomic mass is 10.1. The molecule has 0 aliphatic carbocycles. The third kappa shape index (κ3) is 4.46. The van der Waals surface area contributed by atoms with Crippen LogP contribution in [0.4, 0.5) is 4.39 Å². The van der Waals surface area contributed by atoms with Gasteiger partial charge in [-0.3, -0.25) is 9.78 Å². The van der Waals surface area contributed by atoms with Crippen LogP contribution in [0.15, 0.2) is 48.8 Å². The molecule has 4 heteroatoms. The van der Waals surface area contributed by atoms with Gasteiger partial charge in [0.15, 0.2) is 0 Å². The van der Waals surface area contributed by atoms with E-state index in [-0.39, 0.29) is 11.7 Å². The van der Waals surface area contributed by atoms with Gasteiger partial charge >= 0.3 is 0 Å². The highest BCUT2D eigenvalue weighted by Gasteiger charge is 2.03. The molecule has 0 spiro atoms. The summed E-state index contributed by atoms with van der Waals surface area (Å²) >= 11 is 0. The molecule has 1 aromatic heterocycles. The van der Waals surface area contributed by atoms with Crippen molar-refractivity contribution in [2.45, 2.75) is 19.3 Å². The highest BCUT2D eigenvalue weighted by Crippen LogP contribution is 2.06. The van der Waals surface area contributed by atoms with Crippen molar-refractivity contribution in [3.05, 3.63) is 65.7 Å². The van der Waals surface area contributed by atoms with E-state index in [1.807, 2.05) is 0 Å². The van der Waals surface area contributed by atoms with E-state index in [9.17, 15) is 9.18 Å². The molecular formula is C16H17FN2O. The highest BCUT2D eigenvalue weighted by molar-refractivity contribution is 5.93. The van der Waals surface area contributed by atoms with E-state index >= 15 is 0 Å². The van der Waals surface area contributed by atoms with Gasteiger partial charge in [-0.2, -0.15) is 0 Å². The van der Waals surface area contributed by atoms with Crippen LogP contribution in [0.1, 0.15) is 28.8 Å². The number of aromatic nitrogens is 1. The molecule has 3 nitrogen and oxygen atoms in total. The molecule has 1 aromatic carbocycles. The molecule has 0 radical (unpaired) electrons. The molecule has 1 N–H and O–H groups in total. The van der Waals surface area contributed by atoms with E-state index in [4.69, 9.17) is 0 Å². The predicted molar refractivity (Wildman–Crippen MR) is 75.9 cm³/mol. The largest absolute Gasteiger partial charge is 0.352 e. The molecule has 0 unspecified atom stereocenters. The zero-order valence-corrected chi connectivity index (χ0v) is 11.2. The zero-order valence-electron chi connectivity index (χ0n) is 11.2. The fourth-order valence-corrected chi connectivity index (χ4v) is 1.91. The van der Waals surface area contributed by atoms with Crippen molar-refractivity contribution >= 4 is 5.91 Å². The first kappa shape index (κ1) is 14.2. The Bertz CT molecular complexity index is 540. The fourth-order valence-electron chi connectivity index (χ4n) is 1.91. The number of amides is 1. The van der Waals surface area contributed by atoms with Gasteiger partial charge in [-0.1, -0.05) is 12.1 Å². The topological polar surface area (TPSA) is 42.0 Å². The van der Waals surface area contributed by atoms with E-state index < -0.39 is 0 Å². The second-order valence-electron chi connectivity index (χ2n) is 4.58. The number of nitrogens with zero attached hydrogens (tertiary/aromatic N) is 1. The van der Waals surface area contributed by atoms with Gasteiger partial charge in [0.05, 0.1) is 5.56 Å². The Morgan fingerprint density at radius 2 is 1.95 bits per heavy atom. The van der Waals surface area contributed by atoms with Crippen molar-refractivity contribution in [2.24, 2.45) is 0 Å². The van der Waals surface area contributed by atoms with Gasteiger partial charge in [0.25, 0.3) is 5.91 Å². The highest BCUT2D eigenvalue weighted by atomic mass is 19.1. The van der Waals surface area contributed by atoms with Crippen molar-refractivity contribution in [1.29, 1.82) is 0 Å². The van der Waals surface area contributed by atoms with E-state index in [0.29, 0.717) is 12.1 Å². The molecular weight excluding hydrogens is 255 g/mol. The average molecular weight is 272 g/mol. The number of pyridine rings is 1. The lowest BCUT2D eigenvalue weighted by Crippen LogP contribution is -2.24. The van der Waals surface area contributed by atoms with Crippen LogP contribution >= 0.6 is 0 Å². The molecule has 0 fully saturated rings. The summed E-state index contributed by atoms with van der Waals surface area (Å²) in [5, 5.41) is 2.86. The maximum Gasteiger partial charge on any atom is 0.252 e. The Labute approximate surface area is 117 Å². The minimum Gasteiger partial charge on any atom is -0.352 e. The van der Waals surface area contributed by atoms with Gasteiger partial charge in [0, 0.05) is 18.9 Å². The number of unbranched alkanes of at least 4 members (excludes halogenated alkanes) is 1. The number of nitrogens with one attached hydrogen (secondary N) is 1. The number of benzene rings is 1. The van der Waals surface area contributed by atoms with Crippen molar-refractivity contribution in [2.75, 3.05) is 6.54 Å². The molecule has 0 saturated heterocycles. The van der Waals surface area contributed by atoms with Crippen molar-refractivity contribution < 1.29 is 9.18 Å². The van der Waals surface area contributed by atoms with E-state index in [0.717, 1.165) is 24.8 Å². The molecule has 0 atom stereocenters. The molecule has 1 heterocycles. The van der Waals surface area contributed by atoms with E-state index in [1.54, 1.807) is 36.7 Å². The maximum atomic E-state index is 12.7. The van der Waals surface area contributed by atoms with Crippen LogP contribution in [0.3, 0.4) is 0 Å². The first-order valence-electron chi connectivity index (χ1n) is 6.68. The lowest BCUT2D eigenvalue weighted by molar-refractivity contribution is 0.0952. The minimum atomic E-state index is -0.211. The summed E-state index contributed by atoms with van der Waals surface area (Å²) in [6.07, 6.45) is 5.93. The second kappa shape index (κ2) is 7.38. The Hall–Kier alpha value is -2.23. The number of hydrogen-bond acceptors (Lipinski definition) is 2. The Kier molecular flexibility index (Phi) is 5.24. The number of carbonyl (C=O) groups is 1. The Balaban J connectivity index is 1.64. The summed E-state index contributed by atoms with van der Waals surface area (Å²) in [6.45, 7) is 0.634. The van der Waals surface area contributed by atoms with Crippen molar-refractivity contribution in [3.8, 4) is 0 Å². The number of carbonyl (C=O) groups excluding carboxylic acids is 1. The molecule has 0 aliphatic rings. The fraction of sp³-hybridized carbons (Fsp3) is 0.250. The molecule has 2 aromatic rings. The van der Waals surface area contributed by atoms with Gasteiger partial charge in [-0.25, -0.2) is 4.39 Å². The summed E-state index contributed by atoms with van der Waals surface area (Å²) in [5.41, 5.74) is 1.69. The minimum absolute atomic E-state index is 0.0973. The lowest BCUT2D eigenvalue weighted by Gasteiger charge is -2.05. The third-order valence-electron chi connectivity index (χ3n) is 3.01. The van der Waals surface area contributed by atoms with Crippen LogP contribution in [-0.2, 0) is 6.42 Å². The molecule has 0 saturated carbocycles. The number of halogens is 1. The summed E-state index contributed by atoms with van der Waals surface area (Å²) in [7, 11) is 0. The second-order valence-corrected chi connectivity index (χ2v) is 4.58. The van der Waals surface area contributed by atoms with Crippen LogP contribution in [0.2, 0.25) is 0 Å². The summed E-state index contributed by atoms with van der Waals surface area (Å²) < 4.78 is 12.7. The normalized spacial score (nSPS) is 10.2. The monoisotopic (exact) mass is 272 g/mol. The van der Waals surface area contributed by atoms with E-state index in [1.165, 1.54) is 12.1 Å². The molecule has 1 amide bonds. The van der Waals surface area contributed by atoms with Gasteiger partial charge in [-0.05, 0) is 49.1 Å². The molecule has 0 aliphatic heterocycles.